The Labute approximate surface area is 105 Å². The van der Waals surface area contributed by atoms with Gasteiger partial charge in [0.2, 0.25) is 0 Å². The van der Waals surface area contributed by atoms with Crippen LogP contribution in [-0.2, 0) is 11.3 Å². The lowest BCUT2D eigenvalue weighted by Crippen LogP contribution is -2.35. The number of furan rings is 1. The van der Waals surface area contributed by atoms with Crippen molar-refractivity contribution in [1.29, 1.82) is 0 Å². The molecule has 90 valence electrons. The number of nitrogens with zero attached hydrogens (tertiary/aromatic N) is 1. The van der Waals surface area contributed by atoms with Crippen molar-refractivity contribution in [3.63, 3.8) is 0 Å². The van der Waals surface area contributed by atoms with Crippen LogP contribution in [0.5, 0.6) is 0 Å². The number of hydrogen-bond donors (Lipinski definition) is 0. The first-order valence-electron chi connectivity index (χ1n) is 5.80. The van der Waals surface area contributed by atoms with Crippen molar-refractivity contribution in [2.24, 2.45) is 0 Å². The maximum atomic E-state index is 6.09. The van der Waals surface area contributed by atoms with E-state index in [-0.39, 0.29) is 0 Å². The minimum atomic E-state index is 0.677. The second kappa shape index (κ2) is 4.69. The summed E-state index contributed by atoms with van der Waals surface area (Å²) in [5, 5.41) is 1.75. The lowest BCUT2D eigenvalue weighted by Gasteiger charge is -2.25. The van der Waals surface area contributed by atoms with E-state index in [1.807, 2.05) is 18.2 Å². The lowest BCUT2D eigenvalue weighted by atomic mass is 10.2. The van der Waals surface area contributed by atoms with Crippen LogP contribution < -0.4 is 0 Å². The molecule has 3 nitrogen and oxygen atoms in total. The maximum Gasteiger partial charge on any atom is 0.152 e. The van der Waals surface area contributed by atoms with Gasteiger partial charge in [0.1, 0.15) is 5.76 Å². The maximum absolute atomic E-state index is 6.09. The molecule has 0 N–H and O–H groups in total. The summed E-state index contributed by atoms with van der Waals surface area (Å²) in [6.45, 7) is 4.37. The average Bonchev–Trinajstić information content (AvgIpc) is 2.74. The molecule has 0 amide bonds. The van der Waals surface area contributed by atoms with Gasteiger partial charge in [-0.25, -0.2) is 0 Å². The number of rotatable bonds is 2. The summed E-state index contributed by atoms with van der Waals surface area (Å²) in [5.74, 6) is 0.968. The first kappa shape index (κ1) is 11.1. The molecule has 1 aromatic heterocycles. The predicted molar refractivity (Wildman–Crippen MR) is 67.3 cm³/mol. The van der Waals surface area contributed by atoms with Crippen LogP contribution in [0, 0.1) is 0 Å². The van der Waals surface area contributed by atoms with E-state index in [0.717, 1.165) is 49.6 Å². The van der Waals surface area contributed by atoms with Gasteiger partial charge in [-0.15, -0.1) is 0 Å². The Bertz CT molecular complexity index is 517. The molecule has 0 bridgehead atoms. The summed E-state index contributed by atoms with van der Waals surface area (Å²) in [4.78, 5) is 2.33. The Morgan fingerprint density at radius 1 is 1.24 bits per heavy atom. The number of para-hydroxylation sites is 1. The molecule has 1 aromatic carbocycles. The summed E-state index contributed by atoms with van der Waals surface area (Å²) >= 11 is 6.09. The van der Waals surface area contributed by atoms with Gasteiger partial charge in [-0.3, -0.25) is 4.90 Å². The molecule has 0 atom stereocenters. The standard InChI is InChI=1S/C13H14ClNO2/c14-12-3-1-2-10-8-11(17-13(10)12)9-15-4-6-16-7-5-15/h1-3,8H,4-7,9H2. The predicted octanol–water partition coefficient (Wildman–Crippen LogP) is 2.92. The van der Waals surface area contributed by atoms with E-state index >= 15 is 0 Å². The first-order chi connectivity index (χ1) is 8.33. The highest BCUT2D eigenvalue weighted by atomic mass is 35.5. The molecule has 1 fully saturated rings. The average molecular weight is 252 g/mol. The Morgan fingerprint density at radius 2 is 2.06 bits per heavy atom. The van der Waals surface area contributed by atoms with Crippen molar-refractivity contribution in [3.8, 4) is 0 Å². The van der Waals surface area contributed by atoms with Crippen LogP contribution in [0.25, 0.3) is 11.0 Å². The van der Waals surface area contributed by atoms with Crippen LogP contribution in [0.3, 0.4) is 0 Å². The molecule has 17 heavy (non-hydrogen) atoms. The number of benzene rings is 1. The summed E-state index contributed by atoms with van der Waals surface area (Å²) in [7, 11) is 0. The lowest BCUT2D eigenvalue weighted by molar-refractivity contribution is 0.0315. The van der Waals surface area contributed by atoms with Crippen LogP contribution in [-0.4, -0.2) is 31.2 Å². The van der Waals surface area contributed by atoms with Gasteiger partial charge < -0.3 is 9.15 Å². The molecule has 1 aliphatic rings. The second-order valence-corrected chi connectivity index (χ2v) is 4.67. The van der Waals surface area contributed by atoms with Crippen molar-refractivity contribution >= 4 is 22.6 Å². The highest BCUT2D eigenvalue weighted by molar-refractivity contribution is 6.34. The number of ether oxygens (including phenoxy) is 1. The molecular weight excluding hydrogens is 238 g/mol. The third kappa shape index (κ3) is 2.32. The Morgan fingerprint density at radius 3 is 2.82 bits per heavy atom. The molecule has 1 aliphatic heterocycles. The first-order valence-corrected chi connectivity index (χ1v) is 6.18. The van der Waals surface area contributed by atoms with E-state index in [1.165, 1.54) is 0 Å². The van der Waals surface area contributed by atoms with Crippen molar-refractivity contribution in [2.45, 2.75) is 6.54 Å². The molecule has 0 radical (unpaired) electrons. The van der Waals surface area contributed by atoms with E-state index < -0.39 is 0 Å². The molecule has 4 heteroatoms. The third-order valence-electron chi connectivity index (χ3n) is 3.03. The number of hydrogen-bond acceptors (Lipinski definition) is 3. The van der Waals surface area contributed by atoms with Crippen LogP contribution in [0.1, 0.15) is 5.76 Å². The van der Waals surface area contributed by atoms with Crippen molar-refractivity contribution in [2.75, 3.05) is 26.3 Å². The summed E-state index contributed by atoms with van der Waals surface area (Å²) in [6, 6.07) is 7.88. The molecule has 2 aromatic rings. The van der Waals surface area contributed by atoms with Crippen molar-refractivity contribution < 1.29 is 9.15 Å². The van der Waals surface area contributed by atoms with Crippen molar-refractivity contribution in [3.05, 3.63) is 35.0 Å². The van der Waals surface area contributed by atoms with Crippen LogP contribution in [0.15, 0.2) is 28.7 Å². The number of morpholine rings is 1. The monoisotopic (exact) mass is 251 g/mol. The Kier molecular flexibility index (Phi) is 3.05. The van der Waals surface area contributed by atoms with E-state index in [0.29, 0.717) is 5.02 Å². The van der Waals surface area contributed by atoms with Crippen LogP contribution in [0.2, 0.25) is 5.02 Å². The topological polar surface area (TPSA) is 25.6 Å². The zero-order chi connectivity index (χ0) is 11.7. The second-order valence-electron chi connectivity index (χ2n) is 4.26. The summed E-state index contributed by atoms with van der Waals surface area (Å²) in [5.41, 5.74) is 0.789. The Balaban J connectivity index is 1.83. The highest BCUT2D eigenvalue weighted by Crippen LogP contribution is 2.27. The SMILES string of the molecule is Clc1cccc2cc(CN3CCOCC3)oc12. The minimum Gasteiger partial charge on any atom is -0.458 e. The van der Waals surface area contributed by atoms with E-state index in [4.69, 9.17) is 20.8 Å². The van der Waals surface area contributed by atoms with Gasteiger partial charge in [-0.05, 0) is 12.1 Å². The normalized spacial score (nSPS) is 17.7. The largest absolute Gasteiger partial charge is 0.458 e. The van der Waals surface area contributed by atoms with Crippen LogP contribution >= 0.6 is 11.6 Å². The van der Waals surface area contributed by atoms with Crippen molar-refractivity contribution in [1.82, 2.24) is 4.90 Å². The number of fused-ring (bicyclic) bond motifs is 1. The molecule has 0 unspecified atom stereocenters. The molecule has 1 saturated heterocycles. The smallest absolute Gasteiger partial charge is 0.152 e. The highest BCUT2D eigenvalue weighted by Gasteiger charge is 2.14. The zero-order valence-electron chi connectivity index (χ0n) is 9.49. The van der Waals surface area contributed by atoms with Gasteiger partial charge in [0.25, 0.3) is 0 Å². The fourth-order valence-electron chi connectivity index (χ4n) is 2.14. The Hall–Kier alpha value is -1.03. The van der Waals surface area contributed by atoms with Gasteiger partial charge in [-0.2, -0.15) is 0 Å². The van der Waals surface area contributed by atoms with Gasteiger partial charge in [0, 0.05) is 18.5 Å². The van der Waals surface area contributed by atoms with Gasteiger partial charge in [-0.1, -0.05) is 23.7 Å². The minimum absolute atomic E-state index is 0.677. The van der Waals surface area contributed by atoms with E-state index in [1.54, 1.807) is 0 Å². The number of halogens is 1. The van der Waals surface area contributed by atoms with Crippen LogP contribution in [0.4, 0.5) is 0 Å². The molecule has 0 spiro atoms. The summed E-state index contributed by atoms with van der Waals surface area (Å²) in [6.07, 6.45) is 0. The van der Waals surface area contributed by atoms with Gasteiger partial charge in [0.15, 0.2) is 5.58 Å². The van der Waals surface area contributed by atoms with E-state index in [9.17, 15) is 0 Å². The molecule has 2 heterocycles. The fourth-order valence-corrected chi connectivity index (χ4v) is 2.36. The van der Waals surface area contributed by atoms with Gasteiger partial charge in [0.05, 0.1) is 24.8 Å². The molecule has 0 aliphatic carbocycles. The third-order valence-corrected chi connectivity index (χ3v) is 3.33. The fraction of sp³-hybridized carbons (Fsp3) is 0.385. The zero-order valence-corrected chi connectivity index (χ0v) is 10.2. The molecule has 3 rings (SSSR count). The summed E-state index contributed by atoms with van der Waals surface area (Å²) < 4.78 is 11.1. The molecule has 0 saturated carbocycles. The quantitative estimate of drug-likeness (QED) is 0.821. The van der Waals surface area contributed by atoms with Gasteiger partial charge >= 0.3 is 0 Å². The van der Waals surface area contributed by atoms with E-state index in [2.05, 4.69) is 11.0 Å². The molecular formula is C13H14ClNO2.